The Balaban J connectivity index is 0. The summed E-state index contributed by atoms with van der Waals surface area (Å²) >= 11 is 7.96. The molecule has 6 nitrogen and oxygen atoms in total. The Morgan fingerprint density at radius 1 is 1.47 bits per heavy atom. The number of halogens is 2. The van der Waals surface area contributed by atoms with Gasteiger partial charge in [0.2, 0.25) is 5.28 Å². The van der Waals surface area contributed by atoms with Crippen LogP contribution < -0.4 is 148 Å². The van der Waals surface area contributed by atoms with E-state index < -0.39 is 6.16 Å². The monoisotopic (exact) mass is 633 g/mol. The Morgan fingerprint density at radius 2 is 2.00 bits per heavy atom. The molecule has 0 spiro atoms. The SMILES string of the molecule is CCn1cc(I)c2nc(Cl)ncc21.O=C([O-])[O-].[Cs+].[Cs+]. The second kappa shape index (κ2) is 12.4. The minimum Gasteiger partial charge on any atom is -0.652 e. The van der Waals surface area contributed by atoms with Gasteiger partial charge in [0, 0.05) is 12.7 Å². The van der Waals surface area contributed by atoms with Crippen molar-refractivity contribution in [2.75, 3.05) is 0 Å². The number of aryl methyl sites for hydroxylation is 1. The van der Waals surface area contributed by atoms with Gasteiger partial charge < -0.3 is 19.6 Å². The molecule has 0 aliphatic heterocycles. The van der Waals surface area contributed by atoms with E-state index in [2.05, 4.69) is 50.2 Å². The number of rotatable bonds is 1. The van der Waals surface area contributed by atoms with Gasteiger partial charge in [-0.25, -0.2) is 9.97 Å². The summed E-state index contributed by atoms with van der Waals surface area (Å²) in [7, 11) is 0. The second-order valence-corrected chi connectivity index (χ2v) is 4.39. The smallest absolute Gasteiger partial charge is 0.652 e. The summed E-state index contributed by atoms with van der Waals surface area (Å²) in [5.74, 6) is 0. The maximum atomic E-state index is 8.33. The molecule has 0 fully saturated rings. The van der Waals surface area contributed by atoms with Crippen molar-refractivity contribution in [3.63, 3.8) is 0 Å². The molecule has 0 unspecified atom stereocenters. The van der Waals surface area contributed by atoms with E-state index in [9.17, 15) is 0 Å². The van der Waals surface area contributed by atoms with Crippen LogP contribution in [0.25, 0.3) is 11.0 Å². The van der Waals surface area contributed by atoms with Gasteiger partial charge in [-0.3, -0.25) is 0 Å². The number of hydrogen-bond acceptors (Lipinski definition) is 5. The van der Waals surface area contributed by atoms with E-state index >= 15 is 0 Å². The summed E-state index contributed by atoms with van der Waals surface area (Å²) in [5, 5.41) is 17.0. The molecule has 2 rings (SSSR count). The largest absolute Gasteiger partial charge is 1.00 e. The molecule has 2 aromatic rings. The van der Waals surface area contributed by atoms with Gasteiger partial charge in [-0.1, -0.05) is 0 Å². The van der Waals surface area contributed by atoms with E-state index in [4.69, 9.17) is 26.6 Å². The van der Waals surface area contributed by atoms with Crippen molar-refractivity contribution in [3.05, 3.63) is 21.2 Å². The maximum absolute atomic E-state index is 8.33. The first-order chi connectivity index (χ1) is 7.95. The van der Waals surface area contributed by atoms with Crippen molar-refractivity contribution < 1.29 is 153 Å². The van der Waals surface area contributed by atoms with E-state index in [-0.39, 0.29) is 138 Å². The fraction of sp³-hybridized carbons (Fsp3) is 0.222. The summed E-state index contributed by atoms with van der Waals surface area (Å²) in [6.45, 7) is 3.01. The summed E-state index contributed by atoms with van der Waals surface area (Å²) in [5.41, 5.74) is 1.97. The number of carbonyl (C=O) groups excluding carboxylic acids is 1. The van der Waals surface area contributed by atoms with Gasteiger partial charge in [0.1, 0.15) is 5.52 Å². The van der Waals surface area contributed by atoms with Crippen LogP contribution in [0.5, 0.6) is 0 Å². The molecule has 0 bridgehead atoms. The van der Waals surface area contributed by atoms with Crippen LogP contribution in [0.3, 0.4) is 0 Å². The summed E-state index contributed by atoms with van der Waals surface area (Å²) in [4.78, 5) is 16.5. The topological polar surface area (TPSA) is 93.9 Å². The summed E-state index contributed by atoms with van der Waals surface area (Å²) < 4.78 is 3.21. The molecule has 2 aromatic heterocycles. The predicted octanol–water partition coefficient (Wildman–Crippen LogP) is -5.73. The molecule has 10 heteroatoms. The standard InChI is InChI=1S/C8H7ClIN3.CH2O3.2Cs/c1-2-13-4-5(10)7-6(13)3-11-8(9)12-7;2-1(3)4;;/h3-4H,2H2,1H3;(H2,2,3,4);;/q;;2*+1/p-2. The van der Waals surface area contributed by atoms with Gasteiger partial charge in [-0.15, -0.1) is 0 Å². The number of fused-ring (bicyclic) bond motifs is 1. The minimum atomic E-state index is -2.33. The molecule has 2 heterocycles. The number of hydrogen-bond donors (Lipinski definition) is 0. The van der Waals surface area contributed by atoms with Crippen LogP contribution in [0.1, 0.15) is 6.92 Å². The zero-order valence-electron chi connectivity index (χ0n) is 10.7. The summed E-state index contributed by atoms with van der Waals surface area (Å²) in [6.07, 6.45) is 1.48. The van der Waals surface area contributed by atoms with Gasteiger partial charge in [-0.05, 0) is 47.3 Å². The fourth-order valence-corrected chi connectivity index (χ4v) is 2.14. The van der Waals surface area contributed by atoms with E-state index in [1.165, 1.54) is 0 Å². The second-order valence-electron chi connectivity index (χ2n) is 2.89. The van der Waals surface area contributed by atoms with Crippen LogP contribution >= 0.6 is 34.2 Å². The van der Waals surface area contributed by atoms with E-state index in [1.54, 1.807) is 6.20 Å². The zero-order valence-corrected chi connectivity index (χ0v) is 26.2. The van der Waals surface area contributed by atoms with Crippen molar-refractivity contribution in [2.24, 2.45) is 0 Å². The average Bonchev–Trinajstić information content (AvgIpc) is 2.54. The van der Waals surface area contributed by atoms with Crippen LogP contribution in [0.2, 0.25) is 5.28 Å². The van der Waals surface area contributed by atoms with Gasteiger partial charge in [-0.2, -0.15) is 0 Å². The van der Waals surface area contributed by atoms with Gasteiger partial charge in [0.05, 0.1) is 15.3 Å². The molecule has 0 atom stereocenters. The van der Waals surface area contributed by atoms with Crippen LogP contribution in [-0.2, 0) is 6.54 Å². The van der Waals surface area contributed by atoms with Crippen LogP contribution in [-0.4, -0.2) is 20.7 Å². The normalized spacial score (nSPS) is 8.79. The van der Waals surface area contributed by atoms with Gasteiger partial charge in [0.15, 0.2) is 0 Å². The molecular formula is C9H7ClCs2IN3O3. The molecule has 0 saturated heterocycles. The first-order valence-corrected chi connectivity index (χ1v) is 5.96. The zero-order chi connectivity index (χ0) is 13.0. The summed E-state index contributed by atoms with van der Waals surface area (Å²) in [6, 6.07) is 0. The Kier molecular flexibility index (Phi) is 15.9. The first kappa shape index (κ1) is 24.3. The third kappa shape index (κ3) is 8.43. The van der Waals surface area contributed by atoms with Gasteiger partial charge >= 0.3 is 138 Å². The Hall–Kier alpha value is 3.01. The number of aromatic nitrogens is 3. The van der Waals surface area contributed by atoms with Crippen molar-refractivity contribution in [2.45, 2.75) is 13.5 Å². The van der Waals surface area contributed by atoms with E-state index in [0.717, 1.165) is 21.1 Å². The molecule has 0 amide bonds. The van der Waals surface area contributed by atoms with Gasteiger partial charge in [0.25, 0.3) is 0 Å². The third-order valence-electron chi connectivity index (χ3n) is 1.89. The number of nitrogens with zero attached hydrogens (tertiary/aromatic N) is 3. The Morgan fingerprint density at radius 3 is 2.47 bits per heavy atom. The predicted molar refractivity (Wildman–Crippen MR) is 66.3 cm³/mol. The van der Waals surface area contributed by atoms with Crippen molar-refractivity contribution in [3.8, 4) is 0 Å². The van der Waals surface area contributed by atoms with E-state index in [0.29, 0.717) is 5.28 Å². The van der Waals surface area contributed by atoms with Crippen LogP contribution in [0.4, 0.5) is 4.79 Å². The molecular weight excluding hydrogens is 626 g/mol. The number of carboxylic acid groups (broad SMARTS) is 2. The molecule has 0 aliphatic rings. The third-order valence-corrected chi connectivity index (χ3v) is 2.86. The average molecular weight is 633 g/mol. The molecule has 0 saturated carbocycles. The van der Waals surface area contributed by atoms with E-state index in [1.807, 2.05) is 0 Å². The molecule has 0 N–H and O–H groups in total. The van der Waals surface area contributed by atoms with Crippen molar-refractivity contribution in [1.29, 1.82) is 0 Å². The Bertz CT molecular complexity index is 549. The number of carbonyl (C=O) groups is 1. The molecule has 19 heavy (non-hydrogen) atoms. The van der Waals surface area contributed by atoms with Crippen molar-refractivity contribution in [1.82, 2.24) is 14.5 Å². The van der Waals surface area contributed by atoms with Crippen LogP contribution in [0.15, 0.2) is 12.4 Å². The quantitative estimate of drug-likeness (QED) is 0.231. The maximum Gasteiger partial charge on any atom is 1.00 e. The molecule has 92 valence electrons. The van der Waals surface area contributed by atoms with Crippen LogP contribution in [0, 0.1) is 3.57 Å². The molecule has 0 aliphatic carbocycles. The first-order valence-electron chi connectivity index (χ1n) is 4.50. The fourth-order valence-electron chi connectivity index (χ4n) is 1.27. The van der Waals surface area contributed by atoms with Crippen molar-refractivity contribution >= 4 is 51.4 Å². The molecule has 0 radical (unpaired) electrons. The minimum absolute atomic E-state index is 0. The Labute approximate surface area is 246 Å². The molecule has 0 aromatic carbocycles.